The van der Waals surface area contributed by atoms with Crippen LogP contribution in [0.1, 0.15) is 24.4 Å². The monoisotopic (exact) mass is 398 g/mol. The van der Waals surface area contributed by atoms with E-state index in [1.807, 2.05) is 40.1 Å². The van der Waals surface area contributed by atoms with Crippen LogP contribution in [-0.2, 0) is 20.7 Å². The molecule has 1 aromatic heterocycles. The van der Waals surface area contributed by atoms with E-state index in [1.165, 1.54) is 11.0 Å². The predicted octanol–water partition coefficient (Wildman–Crippen LogP) is 0.554. The van der Waals surface area contributed by atoms with Gasteiger partial charge in [0.2, 0.25) is 11.8 Å². The van der Waals surface area contributed by atoms with Gasteiger partial charge in [0, 0.05) is 38.5 Å². The van der Waals surface area contributed by atoms with Crippen LogP contribution in [0.4, 0.5) is 0 Å². The van der Waals surface area contributed by atoms with Crippen LogP contribution >= 0.6 is 0 Å². The van der Waals surface area contributed by atoms with E-state index >= 15 is 0 Å². The van der Waals surface area contributed by atoms with Gasteiger partial charge < -0.3 is 14.5 Å². The molecule has 0 N–H and O–H groups in total. The smallest absolute Gasteiger partial charge is 0.247 e. The highest BCUT2D eigenvalue weighted by Crippen LogP contribution is 2.24. The number of tetrazole rings is 1. The van der Waals surface area contributed by atoms with E-state index in [-0.39, 0.29) is 17.7 Å². The summed E-state index contributed by atoms with van der Waals surface area (Å²) in [4.78, 5) is 29.7. The molecule has 4 rings (SSSR count). The molecule has 2 aliphatic heterocycles. The van der Waals surface area contributed by atoms with Crippen molar-refractivity contribution < 1.29 is 14.3 Å². The zero-order chi connectivity index (χ0) is 20.1. The second-order valence-electron chi connectivity index (χ2n) is 7.53. The Hall–Kier alpha value is -2.81. The summed E-state index contributed by atoms with van der Waals surface area (Å²) in [6, 6.07) is 9.38. The van der Waals surface area contributed by atoms with Crippen LogP contribution in [0.15, 0.2) is 36.7 Å². The molecule has 2 aliphatic rings. The zero-order valence-electron chi connectivity index (χ0n) is 16.4. The Kier molecular flexibility index (Phi) is 6.14. The molecule has 1 atom stereocenters. The Balaban J connectivity index is 1.39. The number of piperidine rings is 1. The summed E-state index contributed by atoms with van der Waals surface area (Å²) in [5.41, 5.74) is 1.05. The van der Waals surface area contributed by atoms with Gasteiger partial charge in [-0.15, -0.1) is 5.10 Å². The van der Waals surface area contributed by atoms with Gasteiger partial charge in [-0.05, 0) is 28.8 Å². The number of nitrogens with zero attached hydrogens (tertiary/aromatic N) is 6. The Bertz CT molecular complexity index is 799. The number of morpholine rings is 1. The normalized spacial score (nSPS) is 19.2. The molecule has 0 saturated carbocycles. The van der Waals surface area contributed by atoms with Crippen molar-refractivity contribution in [1.82, 2.24) is 30.0 Å². The third-order valence-electron chi connectivity index (χ3n) is 5.72. The molecule has 29 heavy (non-hydrogen) atoms. The van der Waals surface area contributed by atoms with E-state index in [4.69, 9.17) is 4.74 Å². The lowest BCUT2D eigenvalue weighted by molar-refractivity contribution is -0.144. The summed E-state index contributed by atoms with van der Waals surface area (Å²) >= 11 is 0. The largest absolute Gasteiger partial charge is 0.378 e. The number of amides is 2. The van der Waals surface area contributed by atoms with Gasteiger partial charge in [-0.25, -0.2) is 4.68 Å². The molecule has 154 valence electrons. The van der Waals surface area contributed by atoms with Crippen molar-refractivity contribution in [2.24, 2.45) is 5.92 Å². The zero-order valence-corrected chi connectivity index (χ0v) is 16.4. The van der Waals surface area contributed by atoms with Gasteiger partial charge in [-0.3, -0.25) is 9.59 Å². The fraction of sp³-hybridized carbons (Fsp3) is 0.550. The Morgan fingerprint density at radius 2 is 1.76 bits per heavy atom. The maximum atomic E-state index is 13.3. The number of ether oxygens (including phenoxy) is 1. The molecule has 0 bridgehead atoms. The summed E-state index contributed by atoms with van der Waals surface area (Å²) in [6.07, 6.45) is 3.39. The lowest BCUT2D eigenvalue weighted by Crippen LogP contribution is -2.48. The molecule has 0 spiro atoms. The van der Waals surface area contributed by atoms with Crippen LogP contribution in [0.25, 0.3) is 0 Å². The lowest BCUT2D eigenvalue weighted by atomic mass is 9.94. The summed E-state index contributed by atoms with van der Waals surface area (Å²) in [7, 11) is 0. The third kappa shape index (κ3) is 4.61. The number of hydrogen-bond acceptors (Lipinski definition) is 6. The highest BCUT2D eigenvalue weighted by molar-refractivity contribution is 5.82. The molecule has 2 saturated heterocycles. The van der Waals surface area contributed by atoms with E-state index in [1.54, 1.807) is 0 Å². The number of benzene rings is 1. The van der Waals surface area contributed by atoms with Crippen LogP contribution in [0, 0.1) is 5.92 Å². The second kappa shape index (κ2) is 9.13. The van der Waals surface area contributed by atoms with Gasteiger partial charge in [0.15, 0.2) is 0 Å². The molecule has 1 aromatic carbocycles. The first-order chi connectivity index (χ1) is 14.2. The number of hydrogen-bond donors (Lipinski definition) is 0. The van der Waals surface area contributed by atoms with Gasteiger partial charge in [0.25, 0.3) is 0 Å². The quantitative estimate of drug-likeness (QED) is 0.730. The first-order valence-electron chi connectivity index (χ1n) is 10.1. The second-order valence-corrected chi connectivity index (χ2v) is 7.53. The van der Waals surface area contributed by atoms with E-state index < -0.39 is 6.04 Å². The van der Waals surface area contributed by atoms with E-state index in [0.717, 1.165) is 5.56 Å². The molecular weight excluding hydrogens is 372 g/mol. The Morgan fingerprint density at radius 1 is 1.03 bits per heavy atom. The van der Waals surface area contributed by atoms with Crippen molar-refractivity contribution in [3.05, 3.63) is 42.2 Å². The Labute approximate surface area is 169 Å². The van der Waals surface area contributed by atoms with E-state index in [9.17, 15) is 9.59 Å². The molecule has 0 aliphatic carbocycles. The Morgan fingerprint density at radius 3 is 2.41 bits per heavy atom. The minimum atomic E-state index is -0.487. The van der Waals surface area contributed by atoms with Crippen molar-refractivity contribution in [2.45, 2.75) is 25.3 Å². The lowest BCUT2D eigenvalue weighted by Gasteiger charge is -2.36. The highest BCUT2D eigenvalue weighted by atomic mass is 16.5. The summed E-state index contributed by atoms with van der Waals surface area (Å²) in [5, 5.41) is 11.4. The highest BCUT2D eigenvalue weighted by Gasteiger charge is 2.34. The summed E-state index contributed by atoms with van der Waals surface area (Å²) < 4.78 is 6.86. The number of likely N-dealkylation sites (tertiary alicyclic amines) is 1. The summed E-state index contributed by atoms with van der Waals surface area (Å²) in [6.45, 7) is 3.69. The fourth-order valence-corrected chi connectivity index (χ4v) is 4.04. The molecule has 9 heteroatoms. The SMILES string of the molecule is O=C(C1CCN(C(=O)C(Cc2ccccc2)n2cnnn2)CC1)N1CCOCC1. The number of rotatable bonds is 5. The van der Waals surface area contributed by atoms with Crippen LogP contribution in [0.5, 0.6) is 0 Å². The number of carbonyl (C=O) groups excluding carboxylic acids is 2. The summed E-state index contributed by atoms with van der Waals surface area (Å²) in [5.74, 6) is 0.179. The van der Waals surface area contributed by atoms with Crippen LogP contribution in [-0.4, -0.2) is 81.2 Å². The van der Waals surface area contributed by atoms with Crippen LogP contribution in [0.3, 0.4) is 0 Å². The molecule has 9 nitrogen and oxygen atoms in total. The molecular formula is C20H26N6O3. The van der Waals surface area contributed by atoms with Crippen molar-refractivity contribution in [1.29, 1.82) is 0 Å². The molecule has 1 unspecified atom stereocenters. The molecule has 3 heterocycles. The number of aromatic nitrogens is 4. The maximum Gasteiger partial charge on any atom is 0.247 e. The first kappa shape index (κ1) is 19.5. The van der Waals surface area contributed by atoms with Crippen molar-refractivity contribution in [2.75, 3.05) is 39.4 Å². The van der Waals surface area contributed by atoms with Crippen LogP contribution < -0.4 is 0 Å². The molecule has 2 aromatic rings. The predicted molar refractivity (Wildman–Crippen MR) is 104 cm³/mol. The maximum absolute atomic E-state index is 13.3. The van der Waals surface area contributed by atoms with Crippen LogP contribution in [0.2, 0.25) is 0 Å². The minimum Gasteiger partial charge on any atom is -0.378 e. The molecule has 0 radical (unpaired) electrons. The van der Waals surface area contributed by atoms with E-state index in [0.29, 0.717) is 58.7 Å². The average molecular weight is 398 g/mol. The topological polar surface area (TPSA) is 93.5 Å². The average Bonchev–Trinajstić information content (AvgIpc) is 3.32. The van der Waals surface area contributed by atoms with Gasteiger partial charge in [0.05, 0.1) is 13.2 Å². The standard InChI is InChI=1S/C20H26N6O3/c27-19(25-10-12-29-13-11-25)17-6-8-24(9-7-17)20(28)18(26-15-21-22-23-26)14-16-4-2-1-3-5-16/h1-5,15,17-18H,6-14H2. The minimum absolute atomic E-state index is 0.00146. The van der Waals surface area contributed by atoms with Gasteiger partial charge in [-0.1, -0.05) is 30.3 Å². The molecule has 2 fully saturated rings. The van der Waals surface area contributed by atoms with Crippen molar-refractivity contribution in [3.8, 4) is 0 Å². The first-order valence-corrected chi connectivity index (χ1v) is 10.1. The van der Waals surface area contributed by atoms with Crippen molar-refractivity contribution in [3.63, 3.8) is 0 Å². The van der Waals surface area contributed by atoms with Gasteiger partial charge in [-0.2, -0.15) is 0 Å². The van der Waals surface area contributed by atoms with E-state index in [2.05, 4.69) is 15.5 Å². The van der Waals surface area contributed by atoms with Gasteiger partial charge in [0.1, 0.15) is 12.4 Å². The molecule has 2 amide bonds. The number of carbonyl (C=O) groups is 2. The third-order valence-corrected chi connectivity index (χ3v) is 5.72. The van der Waals surface area contributed by atoms with Gasteiger partial charge >= 0.3 is 0 Å². The van der Waals surface area contributed by atoms with Crippen molar-refractivity contribution >= 4 is 11.8 Å². The fourth-order valence-electron chi connectivity index (χ4n) is 4.04.